The summed E-state index contributed by atoms with van der Waals surface area (Å²) in [5.41, 5.74) is -0.226. The number of carbonyl (C=O) groups excluding carboxylic acids is 3. The zero-order valence-electron chi connectivity index (χ0n) is 22.6. The highest BCUT2D eigenvalue weighted by molar-refractivity contribution is 6.72. The van der Waals surface area contributed by atoms with Crippen molar-refractivity contribution in [2.24, 2.45) is 5.92 Å². The van der Waals surface area contributed by atoms with Crippen LogP contribution in [0.3, 0.4) is 0 Å². The van der Waals surface area contributed by atoms with Crippen LogP contribution in [0.5, 0.6) is 0 Å². The lowest BCUT2D eigenvalue weighted by Crippen LogP contribution is -2.44. The Labute approximate surface area is 224 Å². The largest absolute Gasteiger partial charge is 0.394 e. The van der Waals surface area contributed by atoms with Gasteiger partial charge in [-0.3, -0.25) is 14.4 Å². The number of carbonyl (C=O) groups is 3. The first-order valence-corrected chi connectivity index (χ1v) is 16.7. The first-order valence-electron chi connectivity index (χ1n) is 13.7. The molecule has 0 saturated carbocycles. The van der Waals surface area contributed by atoms with Crippen molar-refractivity contribution >= 4 is 37.5 Å². The number of rotatable bonds is 6. The van der Waals surface area contributed by atoms with Gasteiger partial charge in [0.2, 0.25) is 20.2 Å². The van der Waals surface area contributed by atoms with Crippen LogP contribution in [0.15, 0.2) is 18.2 Å². The number of likely N-dealkylation sites (N-methyl/N-ethyl adjacent to an activating group) is 1. The van der Waals surface area contributed by atoms with E-state index in [1.807, 2.05) is 6.92 Å². The van der Waals surface area contributed by atoms with Crippen LogP contribution in [-0.4, -0.2) is 81.1 Å². The number of aliphatic hydroxyl groups is 1. The van der Waals surface area contributed by atoms with Crippen molar-refractivity contribution in [3.63, 3.8) is 0 Å². The Bertz CT molecular complexity index is 1120. The van der Waals surface area contributed by atoms with E-state index in [0.717, 1.165) is 32.2 Å². The number of likely N-dealkylation sites (tertiary alicyclic amines) is 1. The molecule has 0 aliphatic carbocycles. The van der Waals surface area contributed by atoms with Crippen molar-refractivity contribution in [3.05, 3.63) is 23.8 Å². The van der Waals surface area contributed by atoms with Gasteiger partial charge in [-0.25, -0.2) is 0 Å². The van der Waals surface area contributed by atoms with Crippen LogP contribution in [0, 0.1) is 5.92 Å². The summed E-state index contributed by atoms with van der Waals surface area (Å²) < 4.78 is 22.5. The fraction of sp³-hybridized carbons (Fsp3) is 0.667. The van der Waals surface area contributed by atoms with Crippen LogP contribution in [0.25, 0.3) is 0 Å². The highest BCUT2D eigenvalue weighted by Crippen LogP contribution is 2.60. The fourth-order valence-electron chi connectivity index (χ4n) is 7.21. The highest BCUT2D eigenvalue weighted by Gasteiger charge is 2.66. The van der Waals surface area contributed by atoms with Crippen LogP contribution < -0.4 is 15.5 Å². The van der Waals surface area contributed by atoms with Crippen molar-refractivity contribution < 1.29 is 28.3 Å². The average molecular weight is 547 g/mol. The SMILES string of the molecule is C[C@@H]1[C@@H]([Si](C)(C)F)[C@H](CC(=O)N2CCC[C@H]2CO)O[C@@]12C(=O)N(C)c1ccc(NC(=O)[C@H]3CCCN3)cc12. The monoisotopic (exact) mass is 546 g/mol. The highest BCUT2D eigenvalue weighted by atomic mass is 28.4. The molecule has 1 spiro atoms. The maximum absolute atomic E-state index is 15.9. The molecule has 0 radical (unpaired) electrons. The van der Waals surface area contributed by atoms with E-state index in [-0.39, 0.29) is 42.8 Å². The van der Waals surface area contributed by atoms with Crippen LogP contribution in [0.4, 0.5) is 15.5 Å². The number of halogens is 1. The second-order valence-corrected chi connectivity index (χ2v) is 15.6. The molecule has 3 amide bonds. The molecule has 4 heterocycles. The first-order chi connectivity index (χ1) is 18.0. The van der Waals surface area contributed by atoms with Crippen molar-refractivity contribution in [1.82, 2.24) is 10.2 Å². The van der Waals surface area contributed by atoms with Gasteiger partial charge in [0.1, 0.15) is 0 Å². The third-order valence-corrected chi connectivity index (χ3v) is 11.5. The Kier molecular flexibility index (Phi) is 7.17. The van der Waals surface area contributed by atoms with E-state index in [1.54, 1.807) is 43.2 Å². The third-order valence-electron chi connectivity index (χ3n) is 9.02. The summed E-state index contributed by atoms with van der Waals surface area (Å²) in [7, 11) is -1.73. The summed E-state index contributed by atoms with van der Waals surface area (Å²) in [5.74, 6) is -1.10. The number of ether oxygens (including phenoxy) is 1. The van der Waals surface area contributed by atoms with E-state index in [2.05, 4.69) is 10.6 Å². The van der Waals surface area contributed by atoms with E-state index in [9.17, 15) is 19.5 Å². The normalized spacial score (nSPS) is 32.9. The average Bonchev–Trinajstić information content (AvgIpc) is 3.64. The molecule has 3 N–H and O–H groups in total. The Morgan fingerprint density at radius 2 is 2.05 bits per heavy atom. The van der Waals surface area contributed by atoms with Crippen molar-refractivity contribution in [2.75, 3.05) is 37.0 Å². The summed E-state index contributed by atoms with van der Waals surface area (Å²) in [4.78, 5) is 43.2. The zero-order chi connectivity index (χ0) is 27.4. The van der Waals surface area contributed by atoms with Gasteiger partial charge in [0.25, 0.3) is 5.91 Å². The number of benzene rings is 1. The molecule has 3 fully saturated rings. The van der Waals surface area contributed by atoms with Gasteiger partial charge in [0.15, 0.2) is 5.60 Å². The van der Waals surface area contributed by atoms with Gasteiger partial charge in [-0.05, 0) is 63.5 Å². The maximum Gasteiger partial charge on any atom is 0.264 e. The van der Waals surface area contributed by atoms with Gasteiger partial charge >= 0.3 is 0 Å². The molecule has 1 aromatic rings. The van der Waals surface area contributed by atoms with Gasteiger partial charge in [0, 0.05) is 36.3 Å². The number of hydrogen-bond acceptors (Lipinski definition) is 6. The number of nitrogens with one attached hydrogen (secondary N) is 2. The van der Waals surface area contributed by atoms with Crippen LogP contribution >= 0.6 is 0 Å². The Balaban J connectivity index is 1.48. The lowest BCUT2D eigenvalue weighted by molar-refractivity contribution is -0.149. The molecule has 11 heteroatoms. The fourth-order valence-corrected chi connectivity index (χ4v) is 9.71. The zero-order valence-corrected chi connectivity index (χ0v) is 23.6. The molecule has 208 valence electrons. The topological polar surface area (TPSA) is 111 Å². The predicted molar refractivity (Wildman–Crippen MR) is 144 cm³/mol. The molecule has 1 aromatic carbocycles. The Hall–Kier alpha value is -2.34. The standard InChI is InChI=1S/C27H39FN4O5Si/c1-16-24(38(3,4)28)22(14-23(34)32-12-6-7-18(32)15-33)37-27(16)19-13-17(9-10-21(19)31(2)26(27)36)30-25(35)20-8-5-11-29-20/h9-10,13,16,18,20,22,24,29,33H,5-8,11-12,14-15H2,1-4H3,(H,30,35)/t16-,18+,20-,22+,24-,27+/m1/s1. The molecule has 0 bridgehead atoms. The number of anilines is 2. The minimum Gasteiger partial charge on any atom is -0.394 e. The number of amides is 3. The molecule has 4 aliphatic heterocycles. The van der Waals surface area contributed by atoms with E-state index >= 15 is 4.11 Å². The minimum absolute atomic E-state index is 0.0380. The molecule has 38 heavy (non-hydrogen) atoms. The summed E-state index contributed by atoms with van der Waals surface area (Å²) in [6, 6.07) is 4.84. The van der Waals surface area contributed by atoms with Crippen LogP contribution in [-0.2, 0) is 24.7 Å². The maximum atomic E-state index is 15.9. The van der Waals surface area contributed by atoms with E-state index in [1.165, 1.54) is 4.90 Å². The van der Waals surface area contributed by atoms with Crippen LogP contribution in [0.1, 0.15) is 44.6 Å². The third kappa shape index (κ3) is 4.37. The van der Waals surface area contributed by atoms with Gasteiger partial charge < -0.3 is 34.4 Å². The van der Waals surface area contributed by atoms with E-state index < -0.39 is 31.6 Å². The van der Waals surface area contributed by atoms with Gasteiger partial charge in [-0.1, -0.05) is 6.92 Å². The summed E-state index contributed by atoms with van der Waals surface area (Å²) in [5, 5.41) is 15.9. The molecule has 5 rings (SSSR count). The van der Waals surface area contributed by atoms with Gasteiger partial charge in [-0.15, -0.1) is 0 Å². The van der Waals surface area contributed by atoms with Crippen LogP contribution in [0.2, 0.25) is 18.6 Å². The minimum atomic E-state index is -3.40. The van der Waals surface area contributed by atoms with Crippen molar-refractivity contribution in [1.29, 1.82) is 0 Å². The lowest BCUT2D eigenvalue weighted by atomic mass is 9.82. The number of nitrogens with zero attached hydrogens (tertiary/aromatic N) is 2. The second-order valence-electron chi connectivity index (χ2n) is 11.8. The summed E-state index contributed by atoms with van der Waals surface area (Å²) in [6.45, 7) is 6.32. The molecule has 0 unspecified atom stereocenters. The lowest BCUT2D eigenvalue weighted by Gasteiger charge is -2.31. The molecule has 4 aliphatic rings. The molecule has 0 aromatic heterocycles. The summed E-state index contributed by atoms with van der Waals surface area (Å²) >= 11 is 0. The van der Waals surface area contributed by atoms with Crippen molar-refractivity contribution in [2.45, 2.75) is 81.5 Å². The molecule has 3 saturated heterocycles. The molecular formula is C27H39FN4O5Si. The first kappa shape index (κ1) is 27.2. The molecular weight excluding hydrogens is 507 g/mol. The van der Waals surface area contributed by atoms with Crippen molar-refractivity contribution in [3.8, 4) is 0 Å². The molecule has 6 atom stereocenters. The predicted octanol–water partition coefficient (Wildman–Crippen LogP) is 2.50. The van der Waals surface area contributed by atoms with Gasteiger partial charge in [-0.2, -0.15) is 0 Å². The van der Waals surface area contributed by atoms with E-state index in [4.69, 9.17) is 4.74 Å². The second kappa shape index (κ2) is 10.00. The quantitative estimate of drug-likeness (QED) is 0.374. The number of aliphatic hydroxyl groups excluding tert-OH is 1. The Morgan fingerprint density at radius 1 is 1.29 bits per heavy atom. The molecule has 9 nitrogen and oxygen atoms in total. The summed E-state index contributed by atoms with van der Waals surface area (Å²) in [6.07, 6.45) is 2.46. The van der Waals surface area contributed by atoms with E-state index in [0.29, 0.717) is 23.5 Å². The number of hydrogen-bond donors (Lipinski definition) is 3. The Morgan fingerprint density at radius 3 is 2.71 bits per heavy atom. The smallest absolute Gasteiger partial charge is 0.264 e. The number of fused-ring (bicyclic) bond motifs is 2. The van der Waals surface area contributed by atoms with Gasteiger partial charge in [0.05, 0.1) is 36.9 Å².